The number of aromatic nitrogens is 1. The van der Waals surface area contributed by atoms with E-state index in [4.69, 9.17) is 4.74 Å². The zero-order valence-electron chi connectivity index (χ0n) is 14.1. The third-order valence-electron chi connectivity index (χ3n) is 4.42. The van der Waals surface area contributed by atoms with E-state index >= 15 is 0 Å². The fourth-order valence-electron chi connectivity index (χ4n) is 3.14. The number of hydrogen-bond acceptors (Lipinski definition) is 3. The van der Waals surface area contributed by atoms with Crippen molar-refractivity contribution in [1.29, 1.82) is 0 Å². The van der Waals surface area contributed by atoms with Gasteiger partial charge in [-0.05, 0) is 37.5 Å². The van der Waals surface area contributed by atoms with Gasteiger partial charge in [0.25, 0.3) is 0 Å². The minimum Gasteiger partial charge on any atom is -0.374 e. The molecule has 0 aliphatic carbocycles. The molecule has 4 heteroatoms. The summed E-state index contributed by atoms with van der Waals surface area (Å²) in [4.78, 5) is 19.1. The number of rotatable bonds is 5. The van der Waals surface area contributed by atoms with Crippen molar-refractivity contribution in [1.82, 2.24) is 9.88 Å². The number of nitrogens with zero attached hydrogens (tertiary/aromatic N) is 2. The Labute approximate surface area is 143 Å². The van der Waals surface area contributed by atoms with Crippen molar-refractivity contribution in [2.24, 2.45) is 0 Å². The summed E-state index contributed by atoms with van der Waals surface area (Å²) in [6.07, 6.45) is 4.09. The van der Waals surface area contributed by atoms with E-state index in [-0.39, 0.29) is 18.1 Å². The highest BCUT2D eigenvalue weighted by Gasteiger charge is 2.31. The number of hydrogen-bond donors (Lipinski definition) is 0. The van der Waals surface area contributed by atoms with Gasteiger partial charge in [0.2, 0.25) is 5.91 Å². The van der Waals surface area contributed by atoms with Crippen LogP contribution in [0.1, 0.15) is 37.1 Å². The van der Waals surface area contributed by atoms with Gasteiger partial charge in [-0.2, -0.15) is 0 Å². The van der Waals surface area contributed by atoms with E-state index in [0.29, 0.717) is 19.6 Å². The van der Waals surface area contributed by atoms with Gasteiger partial charge >= 0.3 is 0 Å². The molecule has 126 valence electrons. The smallest absolute Gasteiger partial charge is 0.223 e. The van der Waals surface area contributed by atoms with Gasteiger partial charge in [-0.25, -0.2) is 0 Å². The third kappa shape index (κ3) is 4.20. The number of benzene rings is 1. The maximum Gasteiger partial charge on any atom is 0.223 e. The first-order valence-corrected chi connectivity index (χ1v) is 8.60. The van der Waals surface area contributed by atoms with Crippen LogP contribution in [0.25, 0.3) is 0 Å². The Bertz CT molecular complexity index is 645. The normalized spacial score (nSPS) is 20.8. The van der Waals surface area contributed by atoms with E-state index in [2.05, 4.69) is 17.1 Å². The molecular weight excluding hydrogens is 300 g/mol. The van der Waals surface area contributed by atoms with Gasteiger partial charge in [-0.15, -0.1) is 0 Å². The fraction of sp³-hybridized carbons (Fsp3) is 0.400. The number of amides is 1. The van der Waals surface area contributed by atoms with Crippen LogP contribution in [-0.4, -0.2) is 35.0 Å². The second-order valence-corrected chi connectivity index (χ2v) is 6.29. The van der Waals surface area contributed by atoms with Gasteiger partial charge in [0.1, 0.15) is 0 Å². The lowest BCUT2D eigenvalue weighted by atomic mass is 10.0. The number of pyridine rings is 1. The van der Waals surface area contributed by atoms with Crippen molar-refractivity contribution in [3.8, 4) is 0 Å². The van der Waals surface area contributed by atoms with Crippen LogP contribution in [0.3, 0.4) is 0 Å². The van der Waals surface area contributed by atoms with E-state index in [1.54, 1.807) is 6.20 Å². The van der Waals surface area contributed by atoms with Crippen LogP contribution in [0.15, 0.2) is 54.7 Å². The van der Waals surface area contributed by atoms with E-state index in [1.807, 2.05) is 48.2 Å². The van der Waals surface area contributed by atoms with E-state index in [1.165, 1.54) is 0 Å². The molecule has 0 saturated carbocycles. The first kappa shape index (κ1) is 16.7. The lowest BCUT2D eigenvalue weighted by Crippen LogP contribution is -2.46. The molecule has 1 aromatic heterocycles. The quantitative estimate of drug-likeness (QED) is 0.846. The molecule has 1 saturated heterocycles. The molecule has 1 amide bonds. The van der Waals surface area contributed by atoms with Crippen LogP contribution in [0.4, 0.5) is 0 Å². The number of carbonyl (C=O) groups is 1. The van der Waals surface area contributed by atoms with Gasteiger partial charge in [0, 0.05) is 24.9 Å². The molecule has 1 aliphatic rings. The maximum atomic E-state index is 12.8. The van der Waals surface area contributed by atoms with Gasteiger partial charge in [-0.3, -0.25) is 9.78 Å². The summed E-state index contributed by atoms with van der Waals surface area (Å²) in [5, 5.41) is 0. The minimum absolute atomic E-state index is 0.0183. The first-order chi connectivity index (χ1) is 11.7. The number of morpholine rings is 1. The zero-order chi connectivity index (χ0) is 16.8. The van der Waals surface area contributed by atoms with Gasteiger partial charge in [0.05, 0.1) is 18.8 Å². The minimum atomic E-state index is 0.0183. The Balaban J connectivity index is 1.62. The summed E-state index contributed by atoms with van der Waals surface area (Å²) >= 11 is 0. The van der Waals surface area contributed by atoms with Crippen LogP contribution in [0.5, 0.6) is 0 Å². The van der Waals surface area contributed by atoms with E-state index in [0.717, 1.165) is 24.1 Å². The molecule has 1 aliphatic heterocycles. The molecule has 2 aromatic rings. The highest BCUT2D eigenvalue weighted by atomic mass is 16.5. The van der Waals surface area contributed by atoms with Crippen molar-refractivity contribution >= 4 is 5.91 Å². The van der Waals surface area contributed by atoms with Crippen molar-refractivity contribution in [3.05, 3.63) is 66.0 Å². The molecule has 2 atom stereocenters. The summed E-state index contributed by atoms with van der Waals surface area (Å²) in [5.41, 5.74) is 2.18. The summed E-state index contributed by atoms with van der Waals surface area (Å²) in [6.45, 7) is 3.24. The molecule has 0 spiro atoms. The highest BCUT2D eigenvalue weighted by molar-refractivity contribution is 5.77. The monoisotopic (exact) mass is 324 g/mol. The second kappa shape index (κ2) is 8.06. The van der Waals surface area contributed by atoms with Crippen molar-refractivity contribution < 1.29 is 9.53 Å². The van der Waals surface area contributed by atoms with Gasteiger partial charge < -0.3 is 9.64 Å². The first-order valence-electron chi connectivity index (χ1n) is 8.60. The van der Waals surface area contributed by atoms with Crippen LogP contribution < -0.4 is 0 Å². The molecule has 0 N–H and O–H groups in total. The molecule has 2 heterocycles. The van der Waals surface area contributed by atoms with Crippen molar-refractivity contribution in [2.75, 3.05) is 13.2 Å². The molecule has 3 rings (SSSR count). The highest BCUT2D eigenvalue weighted by Crippen LogP contribution is 2.27. The topological polar surface area (TPSA) is 42.4 Å². The van der Waals surface area contributed by atoms with Crippen LogP contribution >= 0.6 is 0 Å². The Hall–Kier alpha value is -2.20. The van der Waals surface area contributed by atoms with Crippen LogP contribution in [0.2, 0.25) is 0 Å². The molecule has 1 fully saturated rings. The molecule has 0 bridgehead atoms. The summed E-state index contributed by atoms with van der Waals surface area (Å²) in [7, 11) is 0. The number of carbonyl (C=O) groups excluding carboxylic acids is 1. The molecule has 24 heavy (non-hydrogen) atoms. The molecule has 1 aromatic carbocycles. The van der Waals surface area contributed by atoms with Gasteiger partial charge in [-0.1, -0.05) is 36.4 Å². The summed E-state index contributed by atoms with van der Waals surface area (Å²) in [5.74, 6) is 0.204. The standard InChI is InChI=1S/C20H24N2O2/c1-16-14-22(19(15-24-16)17-8-3-2-4-9-17)20(23)12-7-11-18-10-5-6-13-21-18/h2-6,8-10,13,16,19H,7,11-12,14-15H2,1H3/t16-,19+/m0/s1. The third-order valence-corrected chi connectivity index (χ3v) is 4.42. The Morgan fingerprint density at radius 3 is 2.75 bits per heavy atom. The SMILES string of the molecule is C[C@H]1CN(C(=O)CCCc2ccccn2)[C@@H](c2ccccc2)CO1. The lowest BCUT2D eigenvalue weighted by molar-refractivity contribution is -0.144. The predicted octanol–water partition coefficient (Wildman–Crippen LogP) is 3.39. The van der Waals surface area contributed by atoms with Crippen LogP contribution in [0, 0.1) is 0 Å². The summed E-state index contributed by atoms with van der Waals surface area (Å²) < 4.78 is 5.80. The number of aryl methyl sites for hydroxylation is 1. The number of ether oxygens (including phenoxy) is 1. The molecular formula is C20H24N2O2. The largest absolute Gasteiger partial charge is 0.374 e. The van der Waals surface area contributed by atoms with E-state index < -0.39 is 0 Å². The molecule has 0 unspecified atom stereocenters. The summed E-state index contributed by atoms with van der Waals surface area (Å²) in [6, 6.07) is 16.1. The van der Waals surface area contributed by atoms with Gasteiger partial charge in [0.15, 0.2) is 0 Å². The average molecular weight is 324 g/mol. The Kier molecular flexibility index (Phi) is 5.59. The van der Waals surface area contributed by atoms with Crippen molar-refractivity contribution in [3.63, 3.8) is 0 Å². The lowest BCUT2D eigenvalue weighted by Gasteiger charge is -2.39. The average Bonchev–Trinajstić information content (AvgIpc) is 2.63. The van der Waals surface area contributed by atoms with E-state index in [9.17, 15) is 4.79 Å². The second-order valence-electron chi connectivity index (χ2n) is 6.29. The maximum absolute atomic E-state index is 12.8. The van der Waals surface area contributed by atoms with Crippen LogP contribution in [-0.2, 0) is 16.0 Å². The predicted molar refractivity (Wildman–Crippen MR) is 93.5 cm³/mol. The van der Waals surface area contributed by atoms with Crippen molar-refractivity contribution in [2.45, 2.75) is 38.3 Å². The Morgan fingerprint density at radius 2 is 2.00 bits per heavy atom. The molecule has 0 radical (unpaired) electrons. The Morgan fingerprint density at radius 1 is 1.21 bits per heavy atom. The fourth-order valence-corrected chi connectivity index (χ4v) is 3.14. The molecule has 4 nitrogen and oxygen atoms in total. The zero-order valence-corrected chi connectivity index (χ0v) is 14.1.